The molecule has 1 fully saturated rings. The van der Waals surface area contributed by atoms with Crippen LogP contribution >= 0.6 is 0 Å². The average Bonchev–Trinajstić information content (AvgIpc) is 2.65. The molecule has 0 unspecified atom stereocenters. The molecule has 7 nitrogen and oxygen atoms in total. The summed E-state index contributed by atoms with van der Waals surface area (Å²) in [6.45, 7) is 1.12. The van der Waals surface area contributed by atoms with Crippen LogP contribution in [0.2, 0.25) is 0 Å². The first-order valence-corrected chi connectivity index (χ1v) is 8.09. The molecule has 0 bridgehead atoms. The molecule has 0 saturated carbocycles. The molecule has 1 aromatic rings. The molecule has 3 N–H and O–H groups in total. The van der Waals surface area contributed by atoms with Gasteiger partial charge >= 0.3 is 5.97 Å². The van der Waals surface area contributed by atoms with Gasteiger partial charge in [0.05, 0.1) is 12.5 Å². The lowest BCUT2D eigenvalue weighted by Crippen LogP contribution is -2.41. The molecule has 0 atom stereocenters. The van der Waals surface area contributed by atoms with Crippen LogP contribution in [0.5, 0.6) is 0 Å². The summed E-state index contributed by atoms with van der Waals surface area (Å²) in [5, 5.41) is 30.1. The highest BCUT2D eigenvalue weighted by Crippen LogP contribution is 2.18. The van der Waals surface area contributed by atoms with Crippen molar-refractivity contribution >= 4 is 11.9 Å². The molecule has 1 aromatic carbocycles. The Morgan fingerprint density at radius 3 is 2.36 bits per heavy atom. The minimum atomic E-state index is -0.836. The Labute approximate surface area is 146 Å². The highest BCUT2D eigenvalue weighted by atomic mass is 16.4. The molecule has 1 aliphatic rings. The predicted molar refractivity (Wildman–Crippen MR) is 89.8 cm³/mol. The Hall–Kier alpha value is -2.85. The Balaban J connectivity index is 1.89. The number of nitriles is 1. The maximum Gasteiger partial charge on any atom is 0.306 e. The van der Waals surface area contributed by atoms with Crippen molar-refractivity contribution in [2.24, 2.45) is 5.92 Å². The number of nitrogens with one attached hydrogen (secondary N) is 1. The van der Waals surface area contributed by atoms with Gasteiger partial charge in [0.2, 0.25) is 0 Å². The lowest BCUT2D eigenvalue weighted by atomic mass is 9.97. The van der Waals surface area contributed by atoms with Crippen LogP contribution in [-0.2, 0) is 22.7 Å². The fraction of sp³-hybridized carbons (Fsp3) is 0.389. The number of carbonyl (C=O) groups is 2. The van der Waals surface area contributed by atoms with E-state index in [1.165, 1.54) is 11.1 Å². The van der Waals surface area contributed by atoms with Crippen molar-refractivity contribution in [3.63, 3.8) is 0 Å². The van der Waals surface area contributed by atoms with E-state index in [0.717, 1.165) is 11.1 Å². The summed E-state index contributed by atoms with van der Waals surface area (Å²) in [6.07, 6.45) is 2.21. The van der Waals surface area contributed by atoms with Gasteiger partial charge in [-0.1, -0.05) is 24.3 Å². The van der Waals surface area contributed by atoms with Gasteiger partial charge in [0.1, 0.15) is 11.6 Å². The zero-order valence-corrected chi connectivity index (χ0v) is 13.8. The van der Waals surface area contributed by atoms with Gasteiger partial charge in [-0.15, -0.1) is 0 Å². The molecule has 25 heavy (non-hydrogen) atoms. The number of carbonyl (C=O) groups excluding carboxylic acids is 1. The topological polar surface area (TPSA) is 114 Å². The van der Waals surface area contributed by atoms with Crippen LogP contribution in [0.1, 0.15) is 24.0 Å². The number of benzene rings is 1. The van der Waals surface area contributed by atoms with Gasteiger partial charge in [-0.3, -0.25) is 9.59 Å². The molecule has 1 amide bonds. The summed E-state index contributed by atoms with van der Waals surface area (Å²) in [5.41, 5.74) is 1.78. The molecular formula is C18H21N3O4. The molecule has 2 rings (SSSR count). The van der Waals surface area contributed by atoms with E-state index in [-0.39, 0.29) is 18.1 Å². The third-order valence-electron chi connectivity index (χ3n) is 4.24. The number of likely N-dealkylation sites (tertiary alicyclic amines) is 1. The van der Waals surface area contributed by atoms with E-state index < -0.39 is 11.9 Å². The molecule has 1 saturated heterocycles. The van der Waals surface area contributed by atoms with E-state index in [2.05, 4.69) is 5.32 Å². The van der Waals surface area contributed by atoms with Crippen LogP contribution in [0, 0.1) is 17.2 Å². The summed E-state index contributed by atoms with van der Waals surface area (Å²) in [7, 11) is 0. The second-order valence-corrected chi connectivity index (χ2v) is 5.93. The smallest absolute Gasteiger partial charge is 0.306 e. The van der Waals surface area contributed by atoms with Crippen LogP contribution in [0.4, 0.5) is 0 Å². The second kappa shape index (κ2) is 8.85. The summed E-state index contributed by atoms with van der Waals surface area (Å²) in [4.78, 5) is 24.8. The van der Waals surface area contributed by atoms with Gasteiger partial charge in [-0.2, -0.15) is 5.26 Å². The predicted octanol–water partition coefficient (Wildman–Crippen LogP) is 0.999. The summed E-state index contributed by atoms with van der Waals surface area (Å²) < 4.78 is 0. The number of amides is 1. The first-order chi connectivity index (χ1) is 12.0. The van der Waals surface area contributed by atoms with Gasteiger partial charge in [-0.25, -0.2) is 0 Å². The van der Waals surface area contributed by atoms with Crippen LogP contribution in [0.15, 0.2) is 36.0 Å². The fourth-order valence-electron chi connectivity index (χ4n) is 2.68. The number of hydrogen-bond acceptors (Lipinski definition) is 5. The Kier molecular flexibility index (Phi) is 6.54. The van der Waals surface area contributed by atoms with E-state index in [9.17, 15) is 14.9 Å². The van der Waals surface area contributed by atoms with E-state index in [4.69, 9.17) is 10.2 Å². The second-order valence-electron chi connectivity index (χ2n) is 5.93. The Bertz CT molecular complexity index is 683. The van der Waals surface area contributed by atoms with Crippen molar-refractivity contribution in [1.29, 1.82) is 5.26 Å². The maximum absolute atomic E-state index is 12.4. The monoisotopic (exact) mass is 343 g/mol. The molecule has 1 aliphatic heterocycles. The molecule has 0 radical (unpaired) electrons. The van der Waals surface area contributed by atoms with E-state index >= 15 is 0 Å². The van der Waals surface area contributed by atoms with Crippen LogP contribution in [0.25, 0.3) is 0 Å². The average molecular weight is 343 g/mol. The molecule has 0 aromatic heterocycles. The van der Waals surface area contributed by atoms with Crippen molar-refractivity contribution in [3.05, 3.63) is 47.2 Å². The number of aliphatic carboxylic acids is 1. The number of carboxylic acids is 1. The third-order valence-corrected chi connectivity index (χ3v) is 4.24. The number of aliphatic hydroxyl groups is 1. The van der Waals surface area contributed by atoms with Crippen molar-refractivity contribution in [3.8, 4) is 6.07 Å². The SMILES string of the molecule is N#C/C(=C/NCc1ccc(CO)cc1)C(=O)N1CCC(C(=O)O)CC1. The molecular weight excluding hydrogens is 322 g/mol. The highest BCUT2D eigenvalue weighted by molar-refractivity contribution is 5.97. The van der Waals surface area contributed by atoms with Crippen LogP contribution in [-0.4, -0.2) is 40.1 Å². The zero-order valence-electron chi connectivity index (χ0n) is 13.8. The van der Waals surface area contributed by atoms with Gasteiger partial charge < -0.3 is 20.4 Å². The number of carboxylic acid groups (broad SMARTS) is 1. The molecule has 0 aliphatic carbocycles. The number of hydrogen-bond donors (Lipinski definition) is 3. The van der Waals surface area contributed by atoms with Gasteiger partial charge in [0, 0.05) is 25.8 Å². The molecule has 132 valence electrons. The van der Waals surface area contributed by atoms with E-state index in [1.54, 1.807) is 0 Å². The van der Waals surface area contributed by atoms with Gasteiger partial charge in [0.15, 0.2) is 0 Å². The van der Waals surface area contributed by atoms with Crippen molar-refractivity contribution in [2.45, 2.75) is 26.0 Å². The van der Waals surface area contributed by atoms with Crippen molar-refractivity contribution in [1.82, 2.24) is 10.2 Å². The lowest BCUT2D eigenvalue weighted by Gasteiger charge is -2.29. The Morgan fingerprint density at radius 2 is 1.84 bits per heavy atom. The van der Waals surface area contributed by atoms with Crippen LogP contribution < -0.4 is 5.32 Å². The normalized spacial score (nSPS) is 15.5. The standard InChI is InChI=1S/C18H21N3O4/c19-9-16(11-20-10-13-1-3-14(12-22)4-2-13)17(23)21-7-5-15(6-8-21)18(24)25/h1-4,11,15,20,22H,5-8,10,12H2,(H,24,25)/b16-11-. The summed E-state index contributed by atoms with van der Waals surface area (Å²) in [6, 6.07) is 9.23. The minimum Gasteiger partial charge on any atom is -0.481 e. The van der Waals surface area contributed by atoms with Gasteiger partial charge in [0.25, 0.3) is 5.91 Å². The molecule has 1 heterocycles. The lowest BCUT2D eigenvalue weighted by molar-refractivity contribution is -0.145. The van der Waals surface area contributed by atoms with E-state index in [0.29, 0.717) is 32.5 Å². The Morgan fingerprint density at radius 1 is 1.24 bits per heavy atom. The van der Waals surface area contributed by atoms with Crippen molar-refractivity contribution in [2.75, 3.05) is 13.1 Å². The molecule has 7 heteroatoms. The quantitative estimate of drug-likeness (QED) is 0.524. The van der Waals surface area contributed by atoms with E-state index in [1.807, 2.05) is 30.3 Å². The third kappa shape index (κ3) is 5.06. The number of piperidine rings is 1. The zero-order chi connectivity index (χ0) is 18.2. The number of rotatable bonds is 6. The first-order valence-electron chi connectivity index (χ1n) is 8.09. The van der Waals surface area contributed by atoms with Crippen LogP contribution in [0.3, 0.4) is 0 Å². The first kappa shape index (κ1) is 18.5. The van der Waals surface area contributed by atoms with Gasteiger partial charge in [-0.05, 0) is 24.0 Å². The number of nitrogens with zero attached hydrogens (tertiary/aromatic N) is 2. The molecule has 0 spiro atoms. The fourth-order valence-corrected chi connectivity index (χ4v) is 2.68. The minimum absolute atomic E-state index is 0.000698. The van der Waals surface area contributed by atoms with Crippen molar-refractivity contribution < 1.29 is 19.8 Å². The highest BCUT2D eigenvalue weighted by Gasteiger charge is 2.28. The number of aliphatic hydroxyl groups excluding tert-OH is 1. The largest absolute Gasteiger partial charge is 0.481 e. The summed E-state index contributed by atoms with van der Waals surface area (Å²) >= 11 is 0. The maximum atomic E-state index is 12.4. The summed E-state index contributed by atoms with van der Waals surface area (Å²) in [5.74, 6) is -1.63.